The highest BCUT2D eigenvalue weighted by Crippen LogP contribution is 2.50. The zero-order chi connectivity index (χ0) is 38.6. The molecule has 5 aromatic rings. The van der Waals surface area contributed by atoms with E-state index in [2.05, 4.69) is 0 Å². The van der Waals surface area contributed by atoms with Crippen LogP contribution in [0.3, 0.4) is 0 Å². The van der Waals surface area contributed by atoms with Crippen LogP contribution in [0.25, 0.3) is 27.8 Å². The second kappa shape index (κ2) is 14.2. The number of carboxylic acids is 1. The Bertz CT molecular complexity index is 2320. The SMILES string of the molecule is Cc1ccccc1C1=CC=CC(c2nc3cc(CN4CCC[C@H]4C(=O)O)c(OC(F)F)cc3o2)(c2nc3cc(CN4CCCC4)c(C(F)(F)F)cc3o2)C1C. The topological polar surface area (TPSA) is 105 Å². The van der Waals surface area contributed by atoms with Gasteiger partial charge in [-0.1, -0.05) is 49.4 Å². The highest BCUT2D eigenvalue weighted by molar-refractivity contribution is 5.80. The molecule has 0 radical (unpaired) electrons. The number of oxazole rings is 2. The average Bonchev–Trinajstić information content (AvgIpc) is 3.95. The van der Waals surface area contributed by atoms with Crippen molar-refractivity contribution < 1.29 is 45.4 Å². The van der Waals surface area contributed by atoms with Crippen LogP contribution in [-0.4, -0.2) is 63.1 Å². The number of carbonyl (C=O) groups is 1. The van der Waals surface area contributed by atoms with Gasteiger partial charge in [0.25, 0.3) is 0 Å². The van der Waals surface area contributed by atoms with Crippen molar-refractivity contribution in [2.24, 2.45) is 5.92 Å². The van der Waals surface area contributed by atoms with Crippen molar-refractivity contribution in [1.82, 2.24) is 19.8 Å². The molecule has 8 rings (SSSR count). The number of ether oxygens (including phenoxy) is 1. The van der Waals surface area contributed by atoms with Crippen LogP contribution in [0.1, 0.15) is 72.2 Å². The van der Waals surface area contributed by atoms with Gasteiger partial charge in [0.1, 0.15) is 28.2 Å². The van der Waals surface area contributed by atoms with Crippen molar-refractivity contribution in [1.29, 1.82) is 0 Å². The van der Waals surface area contributed by atoms with Crippen molar-refractivity contribution in [3.8, 4) is 5.75 Å². The van der Waals surface area contributed by atoms with Gasteiger partial charge < -0.3 is 18.7 Å². The Balaban J connectivity index is 1.29. The van der Waals surface area contributed by atoms with Gasteiger partial charge in [0.05, 0.1) is 5.56 Å². The fourth-order valence-corrected chi connectivity index (χ4v) is 8.45. The van der Waals surface area contributed by atoms with Gasteiger partial charge in [0.15, 0.2) is 11.2 Å². The molecule has 3 aliphatic rings. The summed E-state index contributed by atoms with van der Waals surface area (Å²) in [6, 6.07) is 12.3. The van der Waals surface area contributed by atoms with Gasteiger partial charge in [-0.2, -0.15) is 22.0 Å². The quantitative estimate of drug-likeness (QED) is 0.140. The number of benzene rings is 3. The van der Waals surface area contributed by atoms with Crippen LogP contribution in [0.4, 0.5) is 22.0 Å². The summed E-state index contributed by atoms with van der Waals surface area (Å²) in [4.78, 5) is 25.4. The van der Waals surface area contributed by atoms with Crippen molar-refractivity contribution in [3.05, 3.63) is 106 Å². The van der Waals surface area contributed by atoms with Crippen LogP contribution in [0.5, 0.6) is 5.75 Å². The standard InChI is InChI=1S/C41H39F5N4O5/c1-23-9-3-4-10-27(23)28-11-7-13-40(24(28)2,37-47-30-17-25(21-49-14-5-6-15-49)29(41(44,45)46)19-34(30)53-37)38-48-31-18-26(22-50-16-8-12-32(50)36(51)52)33(55-39(42)43)20-35(31)54-38/h3-4,7,9-11,13,17-20,24,32,39H,5-6,8,12,14-16,21-22H2,1-2H3,(H,51,52)/t24?,32-,40?/m0/s1. The molecule has 14 heteroatoms. The number of nitrogens with zero attached hydrogens (tertiary/aromatic N) is 4. The van der Waals surface area contributed by atoms with Crippen LogP contribution < -0.4 is 4.74 Å². The Morgan fingerprint density at radius 2 is 1.64 bits per heavy atom. The largest absolute Gasteiger partial charge is 0.480 e. The second-order valence-electron chi connectivity index (χ2n) is 14.7. The highest BCUT2D eigenvalue weighted by atomic mass is 19.4. The third kappa shape index (κ3) is 6.79. The molecular formula is C41H39F5N4O5. The minimum Gasteiger partial charge on any atom is -0.480 e. The van der Waals surface area contributed by atoms with E-state index in [1.807, 2.05) is 55.2 Å². The number of hydrogen-bond donors (Lipinski definition) is 1. The number of hydrogen-bond acceptors (Lipinski definition) is 8. The number of alkyl halides is 5. The first-order chi connectivity index (χ1) is 26.3. The van der Waals surface area contributed by atoms with Gasteiger partial charge in [0.2, 0.25) is 11.8 Å². The third-order valence-corrected chi connectivity index (χ3v) is 11.3. The van der Waals surface area contributed by atoms with E-state index in [9.17, 15) is 31.9 Å². The van der Waals surface area contributed by atoms with Gasteiger partial charge in [0, 0.05) is 30.6 Å². The van der Waals surface area contributed by atoms with E-state index in [-0.39, 0.29) is 58.4 Å². The summed E-state index contributed by atoms with van der Waals surface area (Å²) in [5.74, 6) is -1.57. The molecule has 0 amide bonds. The van der Waals surface area contributed by atoms with Crippen molar-refractivity contribution in [2.45, 2.75) is 76.9 Å². The summed E-state index contributed by atoms with van der Waals surface area (Å²) in [6.07, 6.45) is 3.82. The number of aliphatic carboxylic acids is 1. The maximum Gasteiger partial charge on any atom is 0.416 e. The molecule has 1 aliphatic carbocycles. The lowest BCUT2D eigenvalue weighted by atomic mass is 9.67. The summed E-state index contributed by atoms with van der Waals surface area (Å²) >= 11 is 0. The molecule has 55 heavy (non-hydrogen) atoms. The Morgan fingerprint density at radius 3 is 2.29 bits per heavy atom. The Labute approximate surface area is 313 Å². The second-order valence-corrected chi connectivity index (χ2v) is 14.7. The minimum atomic E-state index is -4.64. The molecular weight excluding hydrogens is 723 g/mol. The van der Waals surface area contributed by atoms with E-state index in [0.29, 0.717) is 38.0 Å². The molecule has 0 spiro atoms. The molecule has 2 unspecified atom stereocenters. The smallest absolute Gasteiger partial charge is 0.416 e. The first-order valence-corrected chi connectivity index (χ1v) is 18.4. The Morgan fingerprint density at radius 1 is 0.964 bits per heavy atom. The van der Waals surface area contributed by atoms with Crippen LogP contribution in [0.15, 0.2) is 75.6 Å². The summed E-state index contributed by atoms with van der Waals surface area (Å²) in [5.41, 5.74) is 1.57. The number of allylic oxidation sites excluding steroid dienone is 4. The number of halogens is 5. The van der Waals surface area contributed by atoms with Crippen LogP contribution in [0, 0.1) is 12.8 Å². The van der Waals surface area contributed by atoms with E-state index in [1.54, 1.807) is 17.0 Å². The molecule has 2 aromatic heterocycles. The van der Waals surface area contributed by atoms with E-state index in [0.717, 1.165) is 35.6 Å². The summed E-state index contributed by atoms with van der Waals surface area (Å²) < 4.78 is 88.8. The molecule has 288 valence electrons. The predicted molar refractivity (Wildman–Crippen MR) is 193 cm³/mol. The van der Waals surface area contributed by atoms with Crippen molar-refractivity contribution >= 4 is 33.7 Å². The minimum absolute atomic E-state index is 0.0190. The molecule has 0 saturated carbocycles. The summed E-state index contributed by atoms with van der Waals surface area (Å²) in [5, 5.41) is 9.76. The van der Waals surface area contributed by atoms with Crippen LogP contribution >= 0.6 is 0 Å². The van der Waals surface area contributed by atoms with E-state index in [4.69, 9.17) is 23.5 Å². The highest BCUT2D eigenvalue weighted by Gasteiger charge is 2.50. The van der Waals surface area contributed by atoms with Gasteiger partial charge in [-0.05, 0) is 92.7 Å². The maximum absolute atomic E-state index is 14.5. The first-order valence-electron chi connectivity index (χ1n) is 18.4. The molecule has 4 heterocycles. The molecule has 2 fully saturated rings. The fraction of sp³-hybridized carbons (Fsp3) is 0.390. The molecule has 2 aliphatic heterocycles. The van der Waals surface area contributed by atoms with E-state index >= 15 is 0 Å². The van der Waals surface area contributed by atoms with Crippen LogP contribution in [-0.2, 0) is 29.5 Å². The molecule has 3 aromatic carbocycles. The molecule has 2 saturated heterocycles. The van der Waals surface area contributed by atoms with Gasteiger partial charge in [-0.3, -0.25) is 14.6 Å². The molecule has 3 atom stereocenters. The Hall–Kier alpha value is -5.08. The first kappa shape index (κ1) is 36.9. The number of rotatable bonds is 10. The van der Waals surface area contributed by atoms with E-state index in [1.165, 1.54) is 12.1 Å². The third-order valence-electron chi connectivity index (χ3n) is 11.3. The summed E-state index contributed by atoms with van der Waals surface area (Å²) in [6.45, 7) is 2.76. The lowest BCUT2D eigenvalue weighted by molar-refractivity contribution is -0.142. The number of aromatic nitrogens is 2. The average molecular weight is 763 g/mol. The van der Waals surface area contributed by atoms with Crippen molar-refractivity contribution in [3.63, 3.8) is 0 Å². The van der Waals surface area contributed by atoms with Gasteiger partial charge in [-0.25, -0.2) is 9.97 Å². The van der Waals surface area contributed by atoms with Gasteiger partial charge in [-0.15, -0.1) is 0 Å². The zero-order valence-electron chi connectivity index (χ0n) is 30.2. The number of aryl methyl sites for hydroxylation is 1. The zero-order valence-corrected chi connectivity index (χ0v) is 30.2. The monoisotopic (exact) mass is 762 g/mol. The normalized spacial score (nSPS) is 22.4. The number of likely N-dealkylation sites (tertiary alicyclic amines) is 2. The molecule has 9 nitrogen and oxygen atoms in total. The number of carboxylic acid groups (broad SMARTS) is 1. The summed E-state index contributed by atoms with van der Waals surface area (Å²) in [7, 11) is 0. The van der Waals surface area contributed by atoms with Crippen LogP contribution in [0.2, 0.25) is 0 Å². The maximum atomic E-state index is 14.5. The molecule has 1 N–H and O–H groups in total. The van der Waals surface area contributed by atoms with Crippen molar-refractivity contribution in [2.75, 3.05) is 19.6 Å². The predicted octanol–water partition coefficient (Wildman–Crippen LogP) is 9.12. The lowest BCUT2D eigenvalue weighted by Crippen LogP contribution is -2.36. The van der Waals surface area contributed by atoms with E-state index < -0.39 is 41.7 Å². The Kier molecular flexibility index (Phi) is 9.53. The molecule has 0 bridgehead atoms. The number of fused-ring (bicyclic) bond motifs is 2. The van der Waals surface area contributed by atoms with Gasteiger partial charge >= 0.3 is 18.8 Å². The fourth-order valence-electron chi connectivity index (χ4n) is 8.45. The lowest BCUT2D eigenvalue weighted by Gasteiger charge is -2.35.